The molecule has 0 atom stereocenters. The molecule has 2 heterocycles. The molecule has 1 fully saturated rings. The summed E-state index contributed by atoms with van der Waals surface area (Å²) in [6.45, 7) is 5.99. The number of hydrogen-bond donors (Lipinski definition) is 0. The fourth-order valence-corrected chi connectivity index (χ4v) is 5.26. The predicted octanol–water partition coefficient (Wildman–Crippen LogP) is 1.88. The summed E-state index contributed by atoms with van der Waals surface area (Å²) in [7, 11) is 0. The van der Waals surface area contributed by atoms with Crippen molar-refractivity contribution in [2.75, 3.05) is 37.6 Å². The number of para-hydroxylation sites is 2. The van der Waals surface area contributed by atoms with Crippen molar-refractivity contribution in [2.45, 2.75) is 6.54 Å². The molecule has 4 nitrogen and oxygen atoms in total. The third kappa shape index (κ3) is 3.20. The van der Waals surface area contributed by atoms with E-state index in [-0.39, 0.29) is 14.5 Å². The van der Waals surface area contributed by atoms with Crippen LogP contribution in [-0.2, 0) is 6.54 Å². The van der Waals surface area contributed by atoms with Crippen LogP contribution in [0.5, 0.6) is 0 Å². The third-order valence-electron chi connectivity index (χ3n) is 4.71. The van der Waals surface area contributed by atoms with E-state index in [0.29, 0.717) is 4.43 Å². The second kappa shape index (κ2) is 6.98. The molecule has 0 saturated carbocycles. The molecule has 5 heteroatoms. The van der Waals surface area contributed by atoms with Crippen molar-refractivity contribution in [1.82, 2.24) is 9.47 Å². The van der Waals surface area contributed by atoms with Crippen molar-refractivity contribution in [3.63, 3.8) is 0 Å². The van der Waals surface area contributed by atoms with E-state index < -0.39 is 0 Å². The van der Waals surface area contributed by atoms with Gasteiger partial charge >= 0.3 is 147 Å². The van der Waals surface area contributed by atoms with Crippen LogP contribution in [0.2, 0.25) is 0 Å². The molecule has 0 N–H and O–H groups in total. The third-order valence-corrected chi connectivity index (χ3v) is 6.72. The van der Waals surface area contributed by atoms with Crippen LogP contribution in [0, 0.1) is 0 Å². The zero-order chi connectivity index (χ0) is 16.4. The molecular formula is C19H21N3OSe. The van der Waals surface area contributed by atoms with Gasteiger partial charge in [-0.15, -0.1) is 0 Å². The van der Waals surface area contributed by atoms with Crippen LogP contribution in [0.25, 0.3) is 9.78 Å². The average molecular weight is 386 g/mol. The number of fused-ring (bicyclic) bond motifs is 1. The summed E-state index contributed by atoms with van der Waals surface area (Å²) in [4.78, 5) is 17.2. The van der Waals surface area contributed by atoms with Crippen molar-refractivity contribution in [1.29, 1.82) is 0 Å². The molecular weight excluding hydrogens is 365 g/mol. The van der Waals surface area contributed by atoms with Gasteiger partial charge in [0.2, 0.25) is 0 Å². The quantitative estimate of drug-likeness (QED) is 0.641. The standard InChI is InChI=1S/C19H21N3OSe/c23-19-22(17-8-4-5-9-18(17)24-19)15-12-20-10-13-21(14-11-20)16-6-2-1-3-7-16/h1-9H,10-15H2. The molecule has 1 saturated heterocycles. The Hall–Kier alpha value is -1.81. The van der Waals surface area contributed by atoms with Gasteiger partial charge in [0, 0.05) is 0 Å². The van der Waals surface area contributed by atoms with Gasteiger partial charge < -0.3 is 0 Å². The van der Waals surface area contributed by atoms with E-state index in [0.717, 1.165) is 44.8 Å². The summed E-state index contributed by atoms with van der Waals surface area (Å²) in [5, 5.41) is 0. The molecule has 0 bridgehead atoms. The molecule has 1 aliphatic rings. The first-order valence-electron chi connectivity index (χ1n) is 8.42. The molecule has 0 spiro atoms. The van der Waals surface area contributed by atoms with E-state index in [4.69, 9.17) is 0 Å². The van der Waals surface area contributed by atoms with Gasteiger partial charge in [-0.2, -0.15) is 0 Å². The number of nitrogens with zero attached hydrogens (tertiary/aromatic N) is 3. The van der Waals surface area contributed by atoms with Gasteiger partial charge in [0.05, 0.1) is 0 Å². The molecule has 0 unspecified atom stereocenters. The van der Waals surface area contributed by atoms with Gasteiger partial charge in [-0.05, 0) is 0 Å². The van der Waals surface area contributed by atoms with Crippen LogP contribution in [0.3, 0.4) is 0 Å². The van der Waals surface area contributed by atoms with E-state index in [1.165, 1.54) is 9.95 Å². The second-order valence-corrected chi connectivity index (χ2v) is 8.24. The summed E-state index contributed by atoms with van der Waals surface area (Å²) in [5.74, 6) is 0. The van der Waals surface area contributed by atoms with Gasteiger partial charge in [0.1, 0.15) is 0 Å². The molecule has 3 aromatic rings. The topological polar surface area (TPSA) is 28.5 Å². The van der Waals surface area contributed by atoms with E-state index in [1.54, 1.807) is 0 Å². The maximum atomic E-state index is 12.3. The van der Waals surface area contributed by atoms with Crippen molar-refractivity contribution in [3.8, 4) is 0 Å². The van der Waals surface area contributed by atoms with Crippen LogP contribution in [0.15, 0.2) is 59.4 Å². The number of anilines is 1. The Morgan fingerprint density at radius 3 is 2.33 bits per heavy atom. The SMILES string of the molecule is O=c1[se]c2ccccc2n1CCN1CCN(c2ccccc2)CC1. The zero-order valence-corrected chi connectivity index (χ0v) is 15.3. The van der Waals surface area contributed by atoms with Gasteiger partial charge in [0.25, 0.3) is 0 Å². The second-order valence-electron chi connectivity index (χ2n) is 6.15. The summed E-state index contributed by atoms with van der Waals surface area (Å²) in [6.07, 6.45) is 0. The Morgan fingerprint density at radius 2 is 1.54 bits per heavy atom. The van der Waals surface area contributed by atoms with Crippen LogP contribution >= 0.6 is 0 Å². The number of rotatable bonds is 4. The molecule has 1 aliphatic heterocycles. The van der Waals surface area contributed by atoms with Crippen LogP contribution in [-0.4, -0.2) is 56.7 Å². The van der Waals surface area contributed by atoms with Gasteiger partial charge in [-0.1, -0.05) is 0 Å². The normalized spacial score (nSPS) is 15.9. The van der Waals surface area contributed by atoms with E-state index >= 15 is 0 Å². The molecule has 4 rings (SSSR count). The molecule has 0 radical (unpaired) electrons. The molecule has 124 valence electrons. The minimum atomic E-state index is -0.0391. The van der Waals surface area contributed by atoms with Crippen molar-refractivity contribution in [3.05, 3.63) is 63.8 Å². The van der Waals surface area contributed by atoms with E-state index in [9.17, 15) is 4.79 Å². The van der Waals surface area contributed by atoms with Gasteiger partial charge in [-0.25, -0.2) is 0 Å². The fourth-order valence-electron chi connectivity index (χ4n) is 3.34. The first-order chi connectivity index (χ1) is 11.8. The Morgan fingerprint density at radius 1 is 0.833 bits per heavy atom. The summed E-state index contributed by atoms with van der Waals surface area (Å²) < 4.78 is 3.51. The average Bonchev–Trinajstić information content (AvgIpc) is 2.96. The predicted molar refractivity (Wildman–Crippen MR) is 100 cm³/mol. The van der Waals surface area contributed by atoms with Crippen molar-refractivity contribution in [2.24, 2.45) is 0 Å². The van der Waals surface area contributed by atoms with Crippen molar-refractivity contribution >= 4 is 30.0 Å². The Balaban J connectivity index is 1.37. The number of benzene rings is 2. The Bertz CT molecular complexity index is 863. The van der Waals surface area contributed by atoms with Crippen LogP contribution in [0.4, 0.5) is 5.69 Å². The Labute approximate surface area is 147 Å². The first kappa shape index (κ1) is 15.7. The van der Waals surface area contributed by atoms with Crippen molar-refractivity contribution < 1.29 is 0 Å². The Kier molecular flexibility index (Phi) is 4.56. The summed E-state index contributed by atoms with van der Waals surface area (Å²) in [6, 6.07) is 18.8. The van der Waals surface area contributed by atoms with Crippen LogP contribution in [0.1, 0.15) is 0 Å². The molecule has 24 heavy (non-hydrogen) atoms. The molecule has 0 aliphatic carbocycles. The minimum absolute atomic E-state index is 0.0391. The molecule has 2 aromatic carbocycles. The monoisotopic (exact) mass is 387 g/mol. The zero-order valence-electron chi connectivity index (χ0n) is 13.6. The number of piperazine rings is 1. The summed E-state index contributed by atoms with van der Waals surface area (Å²) >= 11 is -0.0391. The summed E-state index contributed by atoms with van der Waals surface area (Å²) in [5.41, 5.74) is 2.44. The van der Waals surface area contributed by atoms with Gasteiger partial charge in [0.15, 0.2) is 0 Å². The van der Waals surface area contributed by atoms with Gasteiger partial charge in [-0.3, -0.25) is 0 Å². The molecule has 1 aromatic heterocycles. The number of aromatic nitrogens is 1. The fraction of sp³-hybridized carbons (Fsp3) is 0.316. The first-order valence-corrected chi connectivity index (χ1v) is 10.1. The number of hydrogen-bond acceptors (Lipinski definition) is 3. The van der Waals surface area contributed by atoms with E-state index in [1.807, 2.05) is 16.7 Å². The van der Waals surface area contributed by atoms with E-state index in [2.05, 4.69) is 52.3 Å². The van der Waals surface area contributed by atoms with Crippen LogP contribution < -0.4 is 9.33 Å². The molecule has 0 amide bonds. The maximum absolute atomic E-state index is 12.3.